The fourth-order valence-corrected chi connectivity index (χ4v) is 2.61. The lowest BCUT2D eigenvalue weighted by Gasteiger charge is -2.18. The highest BCUT2D eigenvalue weighted by atomic mass is 35.5. The van der Waals surface area contributed by atoms with Crippen LogP contribution in [0.5, 0.6) is 11.5 Å². The van der Waals surface area contributed by atoms with Crippen LogP contribution in [0.3, 0.4) is 0 Å². The zero-order valence-corrected chi connectivity index (χ0v) is 16.5. The van der Waals surface area contributed by atoms with E-state index in [1.54, 1.807) is 12.1 Å². The van der Waals surface area contributed by atoms with Gasteiger partial charge in [-0.05, 0) is 68.1 Å². The van der Waals surface area contributed by atoms with Crippen molar-refractivity contribution < 1.29 is 14.3 Å². The van der Waals surface area contributed by atoms with Gasteiger partial charge in [-0.15, -0.1) is 0 Å². The number of ether oxygens (including phenoxy) is 2. The van der Waals surface area contributed by atoms with Crippen molar-refractivity contribution in [3.63, 3.8) is 0 Å². The summed E-state index contributed by atoms with van der Waals surface area (Å²) in [6.07, 6.45) is 0.0296. The molecule has 140 valence electrons. The summed E-state index contributed by atoms with van der Waals surface area (Å²) in [5.41, 5.74) is 3.14. The largest absolute Gasteiger partial charge is 0.491 e. The molecule has 0 radical (unpaired) electrons. The number of aryl methyl sites for hydroxylation is 3. The Morgan fingerprint density at radius 3 is 2.58 bits per heavy atom. The summed E-state index contributed by atoms with van der Waals surface area (Å²) in [4.78, 5) is 12.3. The number of hydrogen-bond donors (Lipinski definition) is 1. The zero-order valence-electron chi connectivity index (χ0n) is 15.8. The van der Waals surface area contributed by atoms with Crippen molar-refractivity contribution >= 4 is 17.5 Å². The maximum atomic E-state index is 12.3. The second-order valence-corrected chi connectivity index (χ2v) is 6.74. The first kappa shape index (κ1) is 20.1. The van der Waals surface area contributed by atoms with Crippen LogP contribution >= 0.6 is 11.6 Å². The van der Waals surface area contributed by atoms with Gasteiger partial charge in [-0.3, -0.25) is 4.79 Å². The van der Waals surface area contributed by atoms with Crippen molar-refractivity contribution in [1.29, 1.82) is 0 Å². The molecular weight excluding hydrogens is 350 g/mol. The van der Waals surface area contributed by atoms with Gasteiger partial charge in [-0.25, -0.2) is 0 Å². The fraction of sp³-hybridized carbons (Fsp3) is 0.381. The summed E-state index contributed by atoms with van der Waals surface area (Å²) < 4.78 is 11.6. The predicted molar refractivity (Wildman–Crippen MR) is 105 cm³/mol. The third-order valence-electron chi connectivity index (χ3n) is 4.07. The topological polar surface area (TPSA) is 47.6 Å². The van der Waals surface area contributed by atoms with E-state index in [1.807, 2.05) is 52.0 Å². The van der Waals surface area contributed by atoms with Gasteiger partial charge in [0.2, 0.25) is 0 Å². The molecule has 0 aliphatic carbocycles. The zero-order chi connectivity index (χ0) is 19.1. The molecule has 0 spiro atoms. The van der Waals surface area contributed by atoms with Crippen LogP contribution in [0.1, 0.15) is 30.0 Å². The van der Waals surface area contributed by atoms with E-state index in [2.05, 4.69) is 5.32 Å². The summed E-state index contributed by atoms with van der Waals surface area (Å²) in [5.74, 6) is 1.34. The van der Waals surface area contributed by atoms with Crippen molar-refractivity contribution in [3.8, 4) is 11.5 Å². The van der Waals surface area contributed by atoms with Crippen LogP contribution in [0.4, 0.5) is 0 Å². The molecule has 1 atom stereocenters. The second-order valence-electron chi connectivity index (χ2n) is 6.33. The van der Waals surface area contributed by atoms with E-state index < -0.39 is 6.10 Å². The lowest BCUT2D eigenvalue weighted by atomic mass is 10.1. The van der Waals surface area contributed by atoms with Gasteiger partial charge in [0.15, 0.2) is 6.10 Å². The molecule has 5 heteroatoms. The molecule has 2 aromatic carbocycles. The van der Waals surface area contributed by atoms with Gasteiger partial charge < -0.3 is 14.8 Å². The standard InChI is InChI=1S/C21H26ClNO3/c1-5-19(26-17-8-9-18(22)16(4)13-17)21(24)23-10-11-25-20-12-14(2)6-7-15(20)3/h6-9,12-13,19H,5,10-11H2,1-4H3,(H,23,24)/t19-/m1/s1. The van der Waals surface area contributed by atoms with Crippen molar-refractivity contribution in [2.24, 2.45) is 0 Å². The number of carbonyl (C=O) groups is 1. The van der Waals surface area contributed by atoms with Gasteiger partial charge >= 0.3 is 0 Å². The molecule has 4 nitrogen and oxygen atoms in total. The third kappa shape index (κ3) is 5.67. The first-order chi connectivity index (χ1) is 12.4. The van der Waals surface area contributed by atoms with Gasteiger partial charge in [0, 0.05) is 5.02 Å². The van der Waals surface area contributed by atoms with E-state index in [9.17, 15) is 4.79 Å². The Morgan fingerprint density at radius 2 is 1.88 bits per heavy atom. The van der Waals surface area contributed by atoms with Crippen LogP contribution in [0.25, 0.3) is 0 Å². The molecule has 0 saturated carbocycles. The maximum Gasteiger partial charge on any atom is 0.261 e. The quantitative estimate of drug-likeness (QED) is 0.685. The molecule has 2 aromatic rings. The Hall–Kier alpha value is -2.20. The molecule has 0 aliphatic rings. The number of hydrogen-bond acceptors (Lipinski definition) is 3. The van der Waals surface area contributed by atoms with Crippen LogP contribution in [-0.2, 0) is 4.79 Å². The average molecular weight is 376 g/mol. The van der Waals surface area contributed by atoms with E-state index in [0.29, 0.717) is 30.3 Å². The van der Waals surface area contributed by atoms with Crippen molar-refractivity contribution in [2.75, 3.05) is 13.2 Å². The molecule has 2 rings (SSSR count). The van der Waals surface area contributed by atoms with E-state index in [0.717, 1.165) is 22.4 Å². The highest BCUT2D eigenvalue weighted by molar-refractivity contribution is 6.31. The SMILES string of the molecule is CC[C@@H](Oc1ccc(Cl)c(C)c1)C(=O)NCCOc1cc(C)ccc1C. The van der Waals surface area contributed by atoms with E-state index in [-0.39, 0.29) is 5.91 Å². The number of amides is 1. The van der Waals surface area contributed by atoms with Gasteiger partial charge in [-0.1, -0.05) is 30.7 Å². The number of benzene rings is 2. The summed E-state index contributed by atoms with van der Waals surface area (Å²) in [6, 6.07) is 11.5. The number of halogens is 1. The van der Waals surface area contributed by atoms with Crippen molar-refractivity contribution in [3.05, 3.63) is 58.1 Å². The Kier molecular flexibility index (Phi) is 7.34. The fourth-order valence-electron chi connectivity index (χ4n) is 2.49. The number of rotatable bonds is 8. The molecule has 0 aromatic heterocycles. The molecule has 0 saturated heterocycles. The average Bonchev–Trinajstić information content (AvgIpc) is 2.62. The minimum Gasteiger partial charge on any atom is -0.491 e. The van der Waals surface area contributed by atoms with Gasteiger partial charge in [0.05, 0.1) is 6.54 Å². The highest BCUT2D eigenvalue weighted by Crippen LogP contribution is 2.22. The maximum absolute atomic E-state index is 12.3. The number of nitrogens with one attached hydrogen (secondary N) is 1. The molecule has 0 unspecified atom stereocenters. The van der Waals surface area contributed by atoms with Crippen molar-refractivity contribution in [2.45, 2.75) is 40.2 Å². The van der Waals surface area contributed by atoms with Crippen LogP contribution in [0.15, 0.2) is 36.4 Å². The second kappa shape index (κ2) is 9.48. The molecule has 1 amide bonds. The minimum absolute atomic E-state index is 0.148. The summed E-state index contributed by atoms with van der Waals surface area (Å²) in [7, 11) is 0. The Balaban J connectivity index is 1.83. The summed E-state index contributed by atoms with van der Waals surface area (Å²) >= 11 is 6.02. The Bertz CT molecular complexity index is 761. The Morgan fingerprint density at radius 1 is 1.12 bits per heavy atom. The van der Waals surface area contributed by atoms with Crippen LogP contribution in [0, 0.1) is 20.8 Å². The first-order valence-corrected chi connectivity index (χ1v) is 9.19. The van der Waals surface area contributed by atoms with E-state index >= 15 is 0 Å². The molecular formula is C21H26ClNO3. The smallest absolute Gasteiger partial charge is 0.261 e. The lowest BCUT2D eigenvalue weighted by molar-refractivity contribution is -0.128. The molecule has 0 bridgehead atoms. The lowest BCUT2D eigenvalue weighted by Crippen LogP contribution is -2.39. The molecule has 26 heavy (non-hydrogen) atoms. The van der Waals surface area contributed by atoms with Gasteiger partial charge in [-0.2, -0.15) is 0 Å². The van der Waals surface area contributed by atoms with Crippen LogP contribution in [-0.4, -0.2) is 25.2 Å². The summed E-state index contributed by atoms with van der Waals surface area (Å²) in [5, 5.41) is 3.55. The van der Waals surface area contributed by atoms with Crippen molar-refractivity contribution in [1.82, 2.24) is 5.32 Å². The van der Waals surface area contributed by atoms with Crippen LogP contribution in [0.2, 0.25) is 5.02 Å². The monoisotopic (exact) mass is 375 g/mol. The van der Waals surface area contributed by atoms with Gasteiger partial charge in [0.25, 0.3) is 5.91 Å². The molecule has 0 heterocycles. The normalized spacial score (nSPS) is 11.7. The predicted octanol–water partition coefficient (Wildman–Crippen LogP) is 4.62. The number of carbonyl (C=O) groups excluding carboxylic acids is 1. The van der Waals surface area contributed by atoms with E-state index in [4.69, 9.17) is 21.1 Å². The van der Waals surface area contributed by atoms with E-state index in [1.165, 1.54) is 0 Å². The van der Waals surface area contributed by atoms with Gasteiger partial charge in [0.1, 0.15) is 18.1 Å². The summed E-state index contributed by atoms with van der Waals surface area (Å²) in [6.45, 7) is 8.68. The first-order valence-electron chi connectivity index (χ1n) is 8.81. The highest BCUT2D eigenvalue weighted by Gasteiger charge is 2.18. The molecule has 0 aliphatic heterocycles. The molecule has 0 fully saturated rings. The van der Waals surface area contributed by atoms with Crippen LogP contribution < -0.4 is 14.8 Å². The molecule has 1 N–H and O–H groups in total. The minimum atomic E-state index is -0.545. The Labute approximate surface area is 160 Å². The third-order valence-corrected chi connectivity index (χ3v) is 4.50.